The molecule has 0 aromatic carbocycles. The van der Waals surface area contributed by atoms with E-state index in [1.165, 1.54) is 12.1 Å². The molecular formula is C10H9F3N4. The van der Waals surface area contributed by atoms with E-state index >= 15 is 0 Å². The van der Waals surface area contributed by atoms with Crippen LogP contribution in [-0.4, -0.2) is 9.97 Å². The standard InChI is InChI=1S/C5H3F2N.C5H6FN3/c6-4-1-2-5(7)8-3-4;6-4-1-2-5(9-7)8-3-4/h1-3H;1-3H,7H2,(H,8,9). The van der Waals surface area contributed by atoms with Gasteiger partial charge in [-0.25, -0.2) is 24.6 Å². The summed E-state index contributed by atoms with van der Waals surface area (Å²) >= 11 is 0. The molecule has 2 heterocycles. The van der Waals surface area contributed by atoms with Crippen molar-refractivity contribution in [1.29, 1.82) is 0 Å². The van der Waals surface area contributed by atoms with Gasteiger partial charge in [0.05, 0.1) is 12.4 Å². The van der Waals surface area contributed by atoms with Gasteiger partial charge < -0.3 is 5.43 Å². The zero-order valence-electron chi connectivity index (χ0n) is 8.57. The molecular weight excluding hydrogens is 233 g/mol. The van der Waals surface area contributed by atoms with Crippen LogP contribution >= 0.6 is 0 Å². The minimum atomic E-state index is -0.661. The van der Waals surface area contributed by atoms with E-state index in [1.807, 2.05) is 0 Å². The Morgan fingerprint density at radius 3 is 1.82 bits per heavy atom. The summed E-state index contributed by atoms with van der Waals surface area (Å²) in [4.78, 5) is 6.62. The van der Waals surface area contributed by atoms with E-state index < -0.39 is 11.8 Å². The minimum absolute atomic E-state index is 0.367. The maximum absolute atomic E-state index is 12.1. The van der Waals surface area contributed by atoms with Gasteiger partial charge in [-0.05, 0) is 24.3 Å². The zero-order valence-corrected chi connectivity index (χ0v) is 8.57. The van der Waals surface area contributed by atoms with Crippen LogP contribution in [0.1, 0.15) is 0 Å². The van der Waals surface area contributed by atoms with Crippen molar-refractivity contribution in [2.75, 3.05) is 5.43 Å². The lowest BCUT2D eigenvalue weighted by Crippen LogP contribution is -2.07. The SMILES string of the molecule is Fc1ccc(F)nc1.NNc1ccc(F)cn1. The fourth-order valence-corrected chi connectivity index (χ4v) is 0.819. The van der Waals surface area contributed by atoms with Crippen molar-refractivity contribution in [1.82, 2.24) is 9.97 Å². The number of hydrogen-bond acceptors (Lipinski definition) is 4. The van der Waals surface area contributed by atoms with Crippen molar-refractivity contribution < 1.29 is 13.2 Å². The van der Waals surface area contributed by atoms with Crippen LogP contribution in [0.25, 0.3) is 0 Å². The molecule has 17 heavy (non-hydrogen) atoms. The normalized spacial score (nSPS) is 9.18. The number of rotatable bonds is 1. The van der Waals surface area contributed by atoms with E-state index in [0.717, 1.165) is 24.5 Å². The first-order valence-corrected chi connectivity index (χ1v) is 4.47. The molecule has 0 unspecified atom stereocenters. The highest BCUT2D eigenvalue weighted by Crippen LogP contribution is 1.99. The summed E-state index contributed by atoms with van der Waals surface area (Å²) in [5.74, 6) is 3.87. The number of halogens is 3. The second kappa shape index (κ2) is 6.44. The average molecular weight is 242 g/mol. The molecule has 0 bridgehead atoms. The van der Waals surface area contributed by atoms with Crippen molar-refractivity contribution in [2.45, 2.75) is 0 Å². The Labute approximate surface area is 95.3 Å². The van der Waals surface area contributed by atoms with Gasteiger partial charge in [-0.3, -0.25) is 0 Å². The second-order valence-corrected chi connectivity index (χ2v) is 2.81. The monoisotopic (exact) mass is 242 g/mol. The molecule has 0 fully saturated rings. The number of hydrazine groups is 1. The summed E-state index contributed by atoms with van der Waals surface area (Å²) in [6.07, 6.45) is 1.92. The number of nitrogen functional groups attached to an aromatic ring is 1. The van der Waals surface area contributed by atoms with Crippen LogP contribution in [0.5, 0.6) is 0 Å². The maximum Gasteiger partial charge on any atom is 0.212 e. The van der Waals surface area contributed by atoms with Crippen LogP contribution in [0.4, 0.5) is 19.0 Å². The van der Waals surface area contributed by atoms with Gasteiger partial charge in [0.15, 0.2) is 0 Å². The first-order valence-electron chi connectivity index (χ1n) is 4.47. The van der Waals surface area contributed by atoms with E-state index in [1.54, 1.807) is 0 Å². The van der Waals surface area contributed by atoms with Crippen LogP contribution in [0.15, 0.2) is 36.7 Å². The molecule has 0 aliphatic rings. The van der Waals surface area contributed by atoms with Gasteiger partial charge in [-0.2, -0.15) is 4.39 Å². The molecule has 4 nitrogen and oxygen atoms in total. The topological polar surface area (TPSA) is 63.8 Å². The molecule has 0 amide bonds. The Hall–Kier alpha value is -2.15. The predicted octanol–water partition coefficient (Wildman–Crippen LogP) is 1.87. The van der Waals surface area contributed by atoms with Gasteiger partial charge in [0, 0.05) is 0 Å². The Morgan fingerprint density at radius 1 is 0.882 bits per heavy atom. The van der Waals surface area contributed by atoms with Gasteiger partial charge >= 0.3 is 0 Å². The summed E-state index contributed by atoms with van der Waals surface area (Å²) in [7, 11) is 0. The number of anilines is 1. The van der Waals surface area contributed by atoms with Gasteiger partial charge in [-0.15, -0.1) is 0 Å². The largest absolute Gasteiger partial charge is 0.308 e. The van der Waals surface area contributed by atoms with E-state index in [0.29, 0.717) is 5.82 Å². The molecule has 90 valence electrons. The fraction of sp³-hybridized carbons (Fsp3) is 0. The Balaban J connectivity index is 0.000000171. The first kappa shape index (κ1) is 12.9. The lowest BCUT2D eigenvalue weighted by Gasteiger charge is -1.94. The molecule has 0 atom stereocenters. The molecule has 0 radical (unpaired) electrons. The van der Waals surface area contributed by atoms with E-state index in [2.05, 4.69) is 15.4 Å². The number of aromatic nitrogens is 2. The van der Waals surface area contributed by atoms with E-state index in [-0.39, 0.29) is 5.82 Å². The average Bonchev–Trinajstić information content (AvgIpc) is 2.35. The summed E-state index contributed by atoms with van der Waals surface area (Å²) in [5, 5.41) is 0. The summed E-state index contributed by atoms with van der Waals surface area (Å²) in [6, 6.07) is 4.72. The summed E-state index contributed by atoms with van der Waals surface area (Å²) in [6.45, 7) is 0. The van der Waals surface area contributed by atoms with Crippen molar-refractivity contribution in [3.63, 3.8) is 0 Å². The van der Waals surface area contributed by atoms with Crippen molar-refractivity contribution >= 4 is 5.82 Å². The van der Waals surface area contributed by atoms with E-state index in [9.17, 15) is 13.2 Å². The highest BCUT2D eigenvalue weighted by atomic mass is 19.1. The molecule has 0 saturated carbocycles. The Bertz CT molecular complexity index is 423. The predicted molar refractivity (Wildman–Crippen MR) is 56.2 cm³/mol. The molecule has 2 rings (SSSR count). The van der Waals surface area contributed by atoms with Crippen molar-refractivity contribution in [3.8, 4) is 0 Å². The van der Waals surface area contributed by atoms with Crippen LogP contribution in [0.3, 0.4) is 0 Å². The molecule has 2 aromatic heterocycles. The van der Waals surface area contributed by atoms with Gasteiger partial charge in [0.1, 0.15) is 17.5 Å². The number of nitrogens with zero attached hydrogens (tertiary/aromatic N) is 2. The molecule has 0 saturated heterocycles. The third-order valence-corrected chi connectivity index (χ3v) is 1.57. The molecule has 0 aliphatic carbocycles. The lowest BCUT2D eigenvalue weighted by atomic mass is 10.4. The Morgan fingerprint density at radius 2 is 1.47 bits per heavy atom. The highest BCUT2D eigenvalue weighted by molar-refractivity contribution is 5.31. The smallest absolute Gasteiger partial charge is 0.212 e. The minimum Gasteiger partial charge on any atom is -0.308 e. The summed E-state index contributed by atoms with van der Waals surface area (Å²) in [5.41, 5.74) is 2.28. The zero-order chi connectivity index (χ0) is 12.7. The van der Waals surface area contributed by atoms with E-state index in [4.69, 9.17) is 5.84 Å². The molecule has 7 heteroatoms. The number of pyridine rings is 2. The van der Waals surface area contributed by atoms with Crippen LogP contribution < -0.4 is 11.3 Å². The van der Waals surface area contributed by atoms with Crippen molar-refractivity contribution in [2.24, 2.45) is 5.84 Å². The lowest BCUT2D eigenvalue weighted by molar-refractivity contribution is 0.560. The fourth-order valence-electron chi connectivity index (χ4n) is 0.819. The number of hydrogen-bond donors (Lipinski definition) is 2. The second-order valence-electron chi connectivity index (χ2n) is 2.81. The van der Waals surface area contributed by atoms with Crippen LogP contribution in [0, 0.1) is 17.6 Å². The molecule has 0 aliphatic heterocycles. The number of nitrogens with one attached hydrogen (secondary N) is 1. The highest BCUT2D eigenvalue weighted by Gasteiger charge is 1.89. The molecule has 0 spiro atoms. The van der Waals surface area contributed by atoms with Gasteiger partial charge in [0.25, 0.3) is 0 Å². The first-order chi connectivity index (χ1) is 8.11. The third kappa shape index (κ3) is 4.94. The maximum atomic E-state index is 12.1. The van der Waals surface area contributed by atoms with Crippen LogP contribution in [0.2, 0.25) is 0 Å². The van der Waals surface area contributed by atoms with Gasteiger partial charge in [-0.1, -0.05) is 0 Å². The quantitative estimate of drug-likeness (QED) is 0.455. The van der Waals surface area contributed by atoms with Crippen molar-refractivity contribution in [3.05, 3.63) is 54.2 Å². The Kier molecular flexibility index (Phi) is 4.89. The molecule has 3 N–H and O–H groups in total. The third-order valence-electron chi connectivity index (χ3n) is 1.57. The number of nitrogens with two attached hydrogens (primary N) is 1. The summed E-state index contributed by atoms with van der Waals surface area (Å²) < 4.78 is 35.8. The van der Waals surface area contributed by atoms with Gasteiger partial charge in [0.2, 0.25) is 5.95 Å². The van der Waals surface area contributed by atoms with Crippen LogP contribution in [-0.2, 0) is 0 Å². The molecule has 2 aromatic rings.